The summed E-state index contributed by atoms with van der Waals surface area (Å²) >= 11 is 0. The van der Waals surface area contributed by atoms with E-state index in [-0.39, 0.29) is 12.7 Å². The van der Waals surface area contributed by atoms with E-state index in [1.165, 1.54) is 13.2 Å². The maximum Gasteiger partial charge on any atom is 0.338 e. The first-order chi connectivity index (χ1) is 9.70. The Kier molecular flexibility index (Phi) is 5.12. The van der Waals surface area contributed by atoms with E-state index >= 15 is 0 Å². The fourth-order valence-electron chi connectivity index (χ4n) is 2.08. The lowest BCUT2D eigenvalue weighted by Gasteiger charge is -2.22. The molecule has 0 N–H and O–H groups in total. The summed E-state index contributed by atoms with van der Waals surface area (Å²) in [6.45, 7) is 0.974. The first-order valence-corrected chi connectivity index (χ1v) is 6.68. The van der Waals surface area contributed by atoms with Crippen LogP contribution in [0.25, 0.3) is 0 Å². The standard InChI is InChI=1S/C15H18O5/c1-18-14(16)11-5-4-6-12(9-11)15(17)20-10-13-7-2-3-8-19-13/h4-6,9,13H,2-3,7-8,10H2,1H3. The van der Waals surface area contributed by atoms with Crippen molar-refractivity contribution < 1.29 is 23.8 Å². The summed E-state index contributed by atoms with van der Waals surface area (Å²) in [6, 6.07) is 6.29. The number of ether oxygens (including phenoxy) is 3. The maximum absolute atomic E-state index is 11.9. The van der Waals surface area contributed by atoms with Crippen molar-refractivity contribution in [1.82, 2.24) is 0 Å². The summed E-state index contributed by atoms with van der Waals surface area (Å²) in [7, 11) is 1.30. The van der Waals surface area contributed by atoms with E-state index in [0.29, 0.717) is 11.1 Å². The molecule has 0 bridgehead atoms. The zero-order valence-electron chi connectivity index (χ0n) is 11.5. The van der Waals surface area contributed by atoms with Crippen LogP contribution in [-0.2, 0) is 14.2 Å². The Morgan fingerprint density at radius 1 is 1.25 bits per heavy atom. The first-order valence-electron chi connectivity index (χ1n) is 6.68. The highest BCUT2D eigenvalue weighted by atomic mass is 16.6. The third kappa shape index (κ3) is 3.81. The number of hydrogen-bond donors (Lipinski definition) is 0. The minimum absolute atomic E-state index is 0.0171. The molecule has 1 aromatic carbocycles. The average Bonchev–Trinajstić information content (AvgIpc) is 2.53. The predicted molar refractivity (Wildman–Crippen MR) is 71.7 cm³/mol. The van der Waals surface area contributed by atoms with Crippen LogP contribution in [0, 0.1) is 0 Å². The van der Waals surface area contributed by atoms with Crippen molar-refractivity contribution in [2.24, 2.45) is 0 Å². The molecule has 0 aliphatic carbocycles. The number of esters is 2. The molecule has 1 aliphatic heterocycles. The highest BCUT2D eigenvalue weighted by molar-refractivity contribution is 5.95. The number of carbonyl (C=O) groups excluding carboxylic acids is 2. The monoisotopic (exact) mass is 278 g/mol. The van der Waals surface area contributed by atoms with E-state index in [4.69, 9.17) is 9.47 Å². The van der Waals surface area contributed by atoms with Crippen LogP contribution >= 0.6 is 0 Å². The molecule has 1 fully saturated rings. The van der Waals surface area contributed by atoms with Gasteiger partial charge in [-0.15, -0.1) is 0 Å². The fraction of sp³-hybridized carbons (Fsp3) is 0.467. The molecule has 0 aromatic heterocycles. The van der Waals surface area contributed by atoms with Gasteiger partial charge in [-0.1, -0.05) is 6.07 Å². The van der Waals surface area contributed by atoms with Gasteiger partial charge >= 0.3 is 11.9 Å². The smallest absolute Gasteiger partial charge is 0.338 e. The van der Waals surface area contributed by atoms with Crippen molar-refractivity contribution in [2.45, 2.75) is 25.4 Å². The van der Waals surface area contributed by atoms with Crippen LogP contribution in [0.3, 0.4) is 0 Å². The SMILES string of the molecule is COC(=O)c1cccc(C(=O)OCC2CCCCO2)c1. The van der Waals surface area contributed by atoms with E-state index < -0.39 is 11.9 Å². The molecule has 0 radical (unpaired) electrons. The van der Waals surface area contributed by atoms with Gasteiger partial charge in [-0.05, 0) is 37.5 Å². The molecule has 5 heteroatoms. The van der Waals surface area contributed by atoms with Crippen molar-refractivity contribution in [2.75, 3.05) is 20.3 Å². The highest BCUT2D eigenvalue weighted by Crippen LogP contribution is 2.14. The zero-order chi connectivity index (χ0) is 14.4. The molecule has 1 unspecified atom stereocenters. The van der Waals surface area contributed by atoms with Crippen LogP contribution in [0.1, 0.15) is 40.0 Å². The van der Waals surface area contributed by atoms with Crippen LogP contribution in [0.5, 0.6) is 0 Å². The molecule has 0 saturated carbocycles. The van der Waals surface area contributed by atoms with Crippen molar-refractivity contribution in [3.63, 3.8) is 0 Å². The van der Waals surface area contributed by atoms with Gasteiger partial charge in [0.2, 0.25) is 0 Å². The lowest BCUT2D eigenvalue weighted by atomic mass is 10.1. The van der Waals surface area contributed by atoms with Gasteiger partial charge in [-0.2, -0.15) is 0 Å². The molecule has 0 amide bonds. The van der Waals surface area contributed by atoms with Crippen LogP contribution in [0.15, 0.2) is 24.3 Å². The summed E-state index contributed by atoms with van der Waals surface area (Å²) < 4.78 is 15.3. The van der Waals surface area contributed by atoms with Crippen molar-refractivity contribution in [3.05, 3.63) is 35.4 Å². The second-order valence-corrected chi connectivity index (χ2v) is 4.66. The van der Waals surface area contributed by atoms with Crippen molar-refractivity contribution in [3.8, 4) is 0 Å². The summed E-state index contributed by atoms with van der Waals surface area (Å²) in [4.78, 5) is 23.3. The summed E-state index contributed by atoms with van der Waals surface area (Å²) in [6.07, 6.45) is 3.05. The molecule has 108 valence electrons. The quantitative estimate of drug-likeness (QED) is 0.790. The molecule has 20 heavy (non-hydrogen) atoms. The Bertz CT molecular complexity index is 477. The van der Waals surface area contributed by atoms with Gasteiger partial charge in [0.1, 0.15) is 6.61 Å². The van der Waals surface area contributed by atoms with Gasteiger partial charge in [0, 0.05) is 6.61 Å². The van der Waals surface area contributed by atoms with Gasteiger partial charge in [0.05, 0.1) is 24.3 Å². The van der Waals surface area contributed by atoms with E-state index in [1.54, 1.807) is 18.2 Å². The molecule has 1 atom stereocenters. The molecule has 1 aliphatic rings. The van der Waals surface area contributed by atoms with Crippen LogP contribution < -0.4 is 0 Å². The molecule has 1 aromatic rings. The Balaban J connectivity index is 1.93. The minimum Gasteiger partial charge on any atom is -0.465 e. The maximum atomic E-state index is 11.9. The van der Waals surface area contributed by atoms with Crippen molar-refractivity contribution >= 4 is 11.9 Å². The lowest BCUT2D eigenvalue weighted by Crippen LogP contribution is -2.26. The number of methoxy groups -OCH3 is 1. The molecule has 0 spiro atoms. The first kappa shape index (κ1) is 14.5. The number of hydrogen-bond acceptors (Lipinski definition) is 5. The van der Waals surface area contributed by atoms with Crippen LogP contribution in [-0.4, -0.2) is 38.4 Å². The van der Waals surface area contributed by atoms with Crippen molar-refractivity contribution in [1.29, 1.82) is 0 Å². The Hall–Kier alpha value is -1.88. The molecule has 2 rings (SSSR count). The van der Waals surface area contributed by atoms with Gasteiger partial charge in [-0.3, -0.25) is 0 Å². The molecular formula is C15H18O5. The average molecular weight is 278 g/mol. The Morgan fingerprint density at radius 2 is 2.00 bits per heavy atom. The second-order valence-electron chi connectivity index (χ2n) is 4.66. The Labute approximate surface area is 117 Å². The van der Waals surface area contributed by atoms with E-state index in [2.05, 4.69) is 4.74 Å². The van der Waals surface area contributed by atoms with Crippen LogP contribution in [0.2, 0.25) is 0 Å². The van der Waals surface area contributed by atoms with Crippen LogP contribution in [0.4, 0.5) is 0 Å². The summed E-state index contributed by atoms with van der Waals surface area (Å²) in [5.74, 6) is -0.930. The fourth-order valence-corrected chi connectivity index (χ4v) is 2.08. The lowest BCUT2D eigenvalue weighted by molar-refractivity contribution is -0.0300. The van der Waals surface area contributed by atoms with Gasteiger partial charge in [-0.25, -0.2) is 9.59 Å². The molecular weight excluding hydrogens is 260 g/mol. The zero-order valence-corrected chi connectivity index (χ0v) is 11.5. The van der Waals surface area contributed by atoms with E-state index in [0.717, 1.165) is 25.9 Å². The topological polar surface area (TPSA) is 61.8 Å². The summed E-state index contributed by atoms with van der Waals surface area (Å²) in [5.41, 5.74) is 0.666. The molecule has 1 heterocycles. The third-order valence-electron chi connectivity index (χ3n) is 3.19. The van der Waals surface area contributed by atoms with E-state index in [9.17, 15) is 9.59 Å². The molecule has 5 nitrogen and oxygen atoms in total. The Morgan fingerprint density at radius 3 is 2.65 bits per heavy atom. The van der Waals surface area contributed by atoms with E-state index in [1.807, 2.05) is 0 Å². The minimum atomic E-state index is -0.477. The second kappa shape index (κ2) is 7.05. The predicted octanol–water partition coefficient (Wildman–Crippen LogP) is 2.20. The number of carbonyl (C=O) groups is 2. The van der Waals surface area contributed by atoms with Gasteiger partial charge in [0.15, 0.2) is 0 Å². The number of benzene rings is 1. The van der Waals surface area contributed by atoms with Gasteiger partial charge < -0.3 is 14.2 Å². The summed E-state index contributed by atoms with van der Waals surface area (Å²) in [5, 5.41) is 0. The normalized spacial score (nSPS) is 18.4. The highest BCUT2D eigenvalue weighted by Gasteiger charge is 2.17. The molecule has 1 saturated heterocycles. The number of rotatable bonds is 4. The van der Waals surface area contributed by atoms with Gasteiger partial charge in [0.25, 0.3) is 0 Å². The largest absolute Gasteiger partial charge is 0.465 e. The third-order valence-corrected chi connectivity index (χ3v) is 3.19.